The van der Waals surface area contributed by atoms with E-state index in [2.05, 4.69) is 22.5 Å². The fourth-order valence-corrected chi connectivity index (χ4v) is 2.28. The van der Waals surface area contributed by atoms with Crippen LogP contribution in [0.1, 0.15) is 37.7 Å². The number of urea groups is 1. The van der Waals surface area contributed by atoms with Crippen molar-refractivity contribution in [1.82, 2.24) is 10.6 Å². The van der Waals surface area contributed by atoms with E-state index in [1.807, 2.05) is 30.3 Å². The van der Waals surface area contributed by atoms with Crippen LogP contribution in [0.5, 0.6) is 0 Å². The lowest BCUT2D eigenvalue weighted by Crippen LogP contribution is -2.42. The largest absolute Gasteiger partial charge is 0.335 e. The van der Waals surface area contributed by atoms with Crippen LogP contribution in [0.3, 0.4) is 0 Å². The highest BCUT2D eigenvalue weighted by atomic mass is 16.2. The SMILES string of the molecule is O=C(NCC#Cc1ccccc1)NC1CCCCC1. The smallest absolute Gasteiger partial charge is 0.315 e. The van der Waals surface area contributed by atoms with Gasteiger partial charge >= 0.3 is 6.03 Å². The van der Waals surface area contributed by atoms with Crippen molar-refractivity contribution in [1.29, 1.82) is 0 Å². The maximum absolute atomic E-state index is 11.6. The molecule has 1 saturated carbocycles. The second-order valence-corrected chi connectivity index (χ2v) is 4.83. The third-order valence-electron chi connectivity index (χ3n) is 3.28. The molecule has 0 heterocycles. The van der Waals surface area contributed by atoms with Gasteiger partial charge in [0.1, 0.15) is 0 Å². The molecule has 1 fully saturated rings. The Kier molecular flexibility index (Phi) is 5.31. The lowest BCUT2D eigenvalue weighted by Gasteiger charge is -2.22. The van der Waals surface area contributed by atoms with Crippen LogP contribution >= 0.6 is 0 Å². The molecule has 1 aromatic rings. The highest BCUT2D eigenvalue weighted by molar-refractivity contribution is 5.74. The van der Waals surface area contributed by atoms with Crippen LogP contribution < -0.4 is 10.6 Å². The Morgan fingerprint density at radius 1 is 1.16 bits per heavy atom. The maximum atomic E-state index is 11.6. The lowest BCUT2D eigenvalue weighted by atomic mass is 9.96. The molecule has 0 spiro atoms. The zero-order chi connectivity index (χ0) is 13.3. The summed E-state index contributed by atoms with van der Waals surface area (Å²) in [6.07, 6.45) is 5.94. The summed E-state index contributed by atoms with van der Waals surface area (Å²) in [5.41, 5.74) is 0.969. The van der Waals surface area contributed by atoms with E-state index >= 15 is 0 Å². The topological polar surface area (TPSA) is 41.1 Å². The van der Waals surface area contributed by atoms with Crippen molar-refractivity contribution in [3.63, 3.8) is 0 Å². The number of hydrogen-bond acceptors (Lipinski definition) is 1. The van der Waals surface area contributed by atoms with Gasteiger partial charge in [-0.05, 0) is 25.0 Å². The van der Waals surface area contributed by atoms with E-state index < -0.39 is 0 Å². The molecule has 0 unspecified atom stereocenters. The highest BCUT2D eigenvalue weighted by Crippen LogP contribution is 2.16. The van der Waals surface area contributed by atoms with Crippen LogP contribution in [0.25, 0.3) is 0 Å². The Bertz CT molecular complexity index is 453. The summed E-state index contributed by atoms with van der Waals surface area (Å²) in [4.78, 5) is 11.6. The fourth-order valence-electron chi connectivity index (χ4n) is 2.28. The molecule has 3 nitrogen and oxygen atoms in total. The Morgan fingerprint density at radius 2 is 1.89 bits per heavy atom. The molecule has 0 radical (unpaired) electrons. The Labute approximate surface area is 114 Å². The van der Waals surface area contributed by atoms with Crippen molar-refractivity contribution in [2.45, 2.75) is 38.1 Å². The van der Waals surface area contributed by atoms with Gasteiger partial charge in [-0.15, -0.1) is 0 Å². The van der Waals surface area contributed by atoms with Crippen molar-refractivity contribution in [3.8, 4) is 11.8 Å². The zero-order valence-electron chi connectivity index (χ0n) is 11.1. The molecule has 1 aliphatic rings. The summed E-state index contributed by atoms with van der Waals surface area (Å²) in [5, 5.41) is 5.78. The number of amides is 2. The van der Waals surface area contributed by atoms with Gasteiger partial charge in [0.25, 0.3) is 0 Å². The van der Waals surface area contributed by atoms with E-state index in [9.17, 15) is 4.79 Å². The maximum Gasteiger partial charge on any atom is 0.315 e. The minimum Gasteiger partial charge on any atom is -0.335 e. The summed E-state index contributed by atoms with van der Waals surface area (Å²) >= 11 is 0. The van der Waals surface area contributed by atoms with Gasteiger partial charge in [-0.1, -0.05) is 49.3 Å². The van der Waals surface area contributed by atoms with Crippen molar-refractivity contribution in [3.05, 3.63) is 35.9 Å². The van der Waals surface area contributed by atoms with Crippen LogP contribution in [0.2, 0.25) is 0 Å². The van der Waals surface area contributed by atoms with Crippen LogP contribution in [0.4, 0.5) is 4.79 Å². The molecule has 2 N–H and O–H groups in total. The van der Waals surface area contributed by atoms with Gasteiger partial charge < -0.3 is 10.6 Å². The zero-order valence-corrected chi connectivity index (χ0v) is 11.1. The van der Waals surface area contributed by atoms with Gasteiger partial charge in [0.15, 0.2) is 0 Å². The molecule has 2 amide bonds. The minimum absolute atomic E-state index is 0.103. The van der Waals surface area contributed by atoms with E-state index in [-0.39, 0.29) is 6.03 Å². The molecule has 1 aliphatic carbocycles. The standard InChI is InChI=1S/C16H20N2O/c19-16(18-15-11-5-2-6-12-15)17-13-7-10-14-8-3-1-4-9-14/h1,3-4,8-9,15H,2,5-6,11-13H2,(H2,17,18,19). The van der Waals surface area contributed by atoms with Crippen molar-refractivity contribution < 1.29 is 4.79 Å². The number of hydrogen-bond donors (Lipinski definition) is 2. The molecule has 0 aliphatic heterocycles. The quantitative estimate of drug-likeness (QED) is 0.785. The predicted octanol–water partition coefficient (Wildman–Crippen LogP) is 2.67. The van der Waals surface area contributed by atoms with Crippen molar-refractivity contribution >= 4 is 6.03 Å². The monoisotopic (exact) mass is 256 g/mol. The van der Waals surface area contributed by atoms with Gasteiger partial charge in [-0.2, -0.15) is 0 Å². The average molecular weight is 256 g/mol. The Morgan fingerprint density at radius 3 is 2.63 bits per heavy atom. The number of benzene rings is 1. The van der Waals surface area contributed by atoms with Crippen LogP contribution in [-0.2, 0) is 0 Å². The molecule has 0 atom stereocenters. The third kappa shape index (κ3) is 5.05. The van der Waals surface area contributed by atoms with Gasteiger partial charge in [0, 0.05) is 11.6 Å². The molecule has 19 heavy (non-hydrogen) atoms. The lowest BCUT2D eigenvalue weighted by molar-refractivity contribution is 0.234. The Balaban J connectivity index is 1.68. The average Bonchev–Trinajstić information content (AvgIpc) is 2.46. The summed E-state index contributed by atoms with van der Waals surface area (Å²) in [6.45, 7) is 0.382. The molecule has 100 valence electrons. The third-order valence-corrected chi connectivity index (χ3v) is 3.28. The van der Waals surface area contributed by atoms with Crippen LogP contribution in [0, 0.1) is 11.8 Å². The first-order valence-electron chi connectivity index (χ1n) is 6.93. The molecule has 1 aromatic carbocycles. The normalized spacial score (nSPS) is 15.2. The molecule has 2 rings (SSSR count). The highest BCUT2D eigenvalue weighted by Gasteiger charge is 2.14. The van der Waals surface area contributed by atoms with E-state index in [1.165, 1.54) is 19.3 Å². The van der Waals surface area contributed by atoms with Crippen LogP contribution in [-0.4, -0.2) is 18.6 Å². The van der Waals surface area contributed by atoms with E-state index in [1.54, 1.807) is 0 Å². The molecule has 0 saturated heterocycles. The second kappa shape index (κ2) is 7.48. The first kappa shape index (κ1) is 13.5. The summed E-state index contributed by atoms with van der Waals surface area (Å²) in [7, 11) is 0. The second-order valence-electron chi connectivity index (χ2n) is 4.83. The van der Waals surface area contributed by atoms with Gasteiger partial charge in [-0.25, -0.2) is 4.79 Å². The summed E-state index contributed by atoms with van der Waals surface area (Å²) < 4.78 is 0. The first-order valence-corrected chi connectivity index (χ1v) is 6.93. The fraction of sp³-hybridized carbons (Fsp3) is 0.438. The van der Waals surface area contributed by atoms with E-state index in [0.29, 0.717) is 12.6 Å². The van der Waals surface area contributed by atoms with Crippen LogP contribution in [0.15, 0.2) is 30.3 Å². The number of rotatable bonds is 2. The number of carbonyl (C=O) groups is 1. The summed E-state index contributed by atoms with van der Waals surface area (Å²) in [6, 6.07) is 10.0. The first-order chi connectivity index (χ1) is 9.34. The molecular weight excluding hydrogens is 236 g/mol. The van der Waals surface area contributed by atoms with Gasteiger partial charge in [-0.3, -0.25) is 0 Å². The van der Waals surface area contributed by atoms with Crippen molar-refractivity contribution in [2.24, 2.45) is 0 Å². The predicted molar refractivity (Wildman–Crippen MR) is 76.7 cm³/mol. The molecular formula is C16H20N2O. The number of nitrogens with one attached hydrogen (secondary N) is 2. The molecule has 3 heteroatoms. The minimum atomic E-state index is -0.103. The summed E-state index contributed by atoms with van der Waals surface area (Å²) in [5.74, 6) is 5.96. The molecule has 0 aromatic heterocycles. The van der Waals surface area contributed by atoms with Gasteiger partial charge in [0.05, 0.1) is 6.54 Å². The van der Waals surface area contributed by atoms with E-state index in [0.717, 1.165) is 18.4 Å². The van der Waals surface area contributed by atoms with Gasteiger partial charge in [0.2, 0.25) is 0 Å². The van der Waals surface area contributed by atoms with E-state index in [4.69, 9.17) is 0 Å². The molecule has 0 bridgehead atoms. The number of carbonyl (C=O) groups excluding carboxylic acids is 1. The van der Waals surface area contributed by atoms with Crippen molar-refractivity contribution in [2.75, 3.05) is 6.54 Å². The Hall–Kier alpha value is -1.95.